The van der Waals surface area contributed by atoms with Gasteiger partial charge in [-0.15, -0.1) is 0 Å². The molecule has 8 heteroatoms. The molecule has 2 aliphatic rings. The molecule has 142 valence electrons. The van der Waals surface area contributed by atoms with Crippen LogP contribution in [0.25, 0.3) is 0 Å². The minimum absolute atomic E-state index is 0.00624. The van der Waals surface area contributed by atoms with Gasteiger partial charge in [0.25, 0.3) is 0 Å². The van der Waals surface area contributed by atoms with E-state index in [0.717, 1.165) is 25.9 Å². The zero-order chi connectivity index (χ0) is 18.7. The van der Waals surface area contributed by atoms with Gasteiger partial charge in [-0.25, -0.2) is 4.79 Å². The molecule has 1 aromatic carbocycles. The van der Waals surface area contributed by atoms with E-state index in [1.54, 1.807) is 37.3 Å². The van der Waals surface area contributed by atoms with Crippen molar-refractivity contribution in [1.29, 1.82) is 0 Å². The topological polar surface area (TPSA) is 97.1 Å². The molecule has 2 aliphatic heterocycles. The highest BCUT2D eigenvalue weighted by Gasteiger charge is 2.37. The number of methoxy groups -OCH3 is 2. The first-order valence-electron chi connectivity index (χ1n) is 8.83. The van der Waals surface area contributed by atoms with E-state index in [1.807, 2.05) is 0 Å². The van der Waals surface area contributed by atoms with Crippen molar-refractivity contribution in [2.75, 3.05) is 45.7 Å². The molecule has 8 nitrogen and oxygen atoms in total. The number of ether oxygens (including phenoxy) is 2. The van der Waals surface area contributed by atoms with Crippen molar-refractivity contribution in [1.82, 2.24) is 9.80 Å². The third-order valence-corrected chi connectivity index (χ3v) is 5.25. The molecule has 0 spiro atoms. The van der Waals surface area contributed by atoms with Crippen molar-refractivity contribution in [3.63, 3.8) is 0 Å². The van der Waals surface area contributed by atoms with E-state index in [-0.39, 0.29) is 17.9 Å². The number of piperidine rings is 1. The SMILES string of the molecule is COc1ccc(NC(=O)N2CC(N3CCC(C(N)=O)CC3)C2)c(OC)c1. The van der Waals surface area contributed by atoms with Crippen LogP contribution in [0.5, 0.6) is 11.5 Å². The minimum atomic E-state index is -0.201. The monoisotopic (exact) mass is 362 g/mol. The summed E-state index contributed by atoms with van der Waals surface area (Å²) >= 11 is 0. The number of hydrogen-bond acceptors (Lipinski definition) is 5. The van der Waals surface area contributed by atoms with Crippen molar-refractivity contribution in [3.8, 4) is 11.5 Å². The molecule has 0 unspecified atom stereocenters. The predicted molar refractivity (Wildman–Crippen MR) is 97.4 cm³/mol. The van der Waals surface area contributed by atoms with Crippen LogP contribution < -0.4 is 20.5 Å². The fourth-order valence-corrected chi connectivity index (χ4v) is 3.50. The van der Waals surface area contributed by atoms with E-state index >= 15 is 0 Å². The van der Waals surface area contributed by atoms with Crippen molar-refractivity contribution in [3.05, 3.63) is 18.2 Å². The second-order valence-corrected chi connectivity index (χ2v) is 6.77. The lowest BCUT2D eigenvalue weighted by Crippen LogP contribution is -2.63. The van der Waals surface area contributed by atoms with Gasteiger partial charge in [0.1, 0.15) is 11.5 Å². The Hall–Kier alpha value is -2.48. The molecule has 3 amide bonds. The highest BCUT2D eigenvalue weighted by atomic mass is 16.5. The van der Waals surface area contributed by atoms with E-state index in [9.17, 15) is 9.59 Å². The Kier molecular flexibility index (Phi) is 5.51. The molecule has 26 heavy (non-hydrogen) atoms. The summed E-state index contributed by atoms with van der Waals surface area (Å²) in [6, 6.07) is 5.49. The molecule has 1 aromatic rings. The quantitative estimate of drug-likeness (QED) is 0.818. The van der Waals surface area contributed by atoms with Crippen LogP contribution in [0.2, 0.25) is 0 Å². The Morgan fingerprint density at radius 2 is 1.85 bits per heavy atom. The van der Waals surface area contributed by atoms with E-state index in [4.69, 9.17) is 15.2 Å². The molecule has 0 aromatic heterocycles. The molecule has 0 aliphatic carbocycles. The normalized spacial score (nSPS) is 18.9. The zero-order valence-electron chi connectivity index (χ0n) is 15.2. The average Bonchev–Trinajstić information content (AvgIpc) is 2.61. The largest absolute Gasteiger partial charge is 0.497 e. The highest BCUT2D eigenvalue weighted by molar-refractivity contribution is 5.91. The van der Waals surface area contributed by atoms with Crippen molar-refractivity contribution >= 4 is 17.6 Å². The minimum Gasteiger partial charge on any atom is -0.497 e. The Labute approximate surface area is 153 Å². The van der Waals surface area contributed by atoms with E-state index in [2.05, 4.69) is 10.2 Å². The molecule has 0 radical (unpaired) electrons. The lowest BCUT2D eigenvalue weighted by molar-refractivity contribution is -0.123. The first-order valence-corrected chi connectivity index (χ1v) is 8.83. The lowest BCUT2D eigenvalue weighted by atomic mass is 9.94. The number of carbonyl (C=O) groups excluding carboxylic acids is 2. The van der Waals surface area contributed by atoms with Crippen LogP contribution in [0.3, 0.4) is 0 Å². The van der Waals surface area contributed by atoms with Gasteiger partial charge >= 0.3 is 6.03 Å². The number of anilines is 1. The van der Waals surface area contributed by atoms with E-state index < -0.39 is 0 Å². The van der Waals surface area contributed by atoms with Crippen LogP contribution in [0.4, 0.5) is 10.5 Å². The molecule has 3 rings (SSSR count). The van der Waals surface area contributed by atoms with Crippen LogP contribution in [0, 0.1) is 5.92 Å². The van der Waals surface area contributed by atoms with Crippen LogP contribution in [-0.2, 0) is 4.79 Å². The van der Waals surface area contributed by atoms with Gasteiger partial charge in [0.2, 0.25) is 5.91 Å². The van der Waals surface area contributed by atoms with Gasteiger partial charge < -0.3 is 25.4 Å². The maximum absolute atomic E-state index is 12.4. The Balaban J connectivity index is 1.49. The molecular weight excluding hydrogens is 336 g/mol. The first kappa shape index (κ1) is 18.3. The van der Waals surface area contributed by atoms with Gasteiger partial charge in [-0.3, -0.25) is 9.69 Å². The summed E-state index contributed by atoms with van der Waals surface area (Å²) < 4.78 is 10.5. The molecule has 0 saturated carbocycles. The summed E-state index contributed by atoms with van der Waals surface area (Å²) in [6.45, 7) is 3.09. The van der Waals surface area contributed by atoms with Gasteiger partial charge in [0.05, 0.1) is 19.9 Å². The number of likely N-dealkylation sites (tertiary alicyclic amines) is 2. The second kappa shape index (κ2) is 7.82. The van der Waals surface area contributed by atoms with Crippen LogP contribution in [-0.4, -0.2) is 68.2 Å². The molecular formula is C18H26N4O4. The molecule has 0 atom stereocenters. The average molecular weight is 362 g/mol. The lowest BCUT2D eigenvalue weighted by Gasteiger charge is -2.47. The first-order chi connectivity index (χ1) is 12.5. The van der Waals surface area contributed by atoms with Crippen LogP contribution >= 0.6 is 0 Å². The van der Waals surface area contributed by atoms with Gasteiger partial charge in [0, 0.05) is 31.1 Å². The number of nitrogens with two attached hydrogens (primary N) is 1. The Morgan fingerprint density at radius 1 is 1.15 bits per heavy atom. The van der Waals surface area contributed by atoms with Gasteiger partial charge in [-0.2, -0.15) is 0 Å². The number of nitrogens with one attached hydrogen (secondary N) is 1. The third-order valence-electron chi connectivity index (χ3n) is 5.25. The van der Waals surface area contributed by atoms with E-state index in [0.29, 0.717) is 36.3 Å². The number of amides is 3. The fraction of sp³-hybridized carbons (Fsp3) is 0.556. The number of carbonyl (C=O) groups is 2. The Bertz CT molecular complexity index is 667. The molecule has 2 fully saturated rings. The summed E-state index contributed by atoms with van der Waals surface area (Å²) in [5.74, 6) is 1.02. The maximum atomic E-state index is 12.4. The number of rotatable bonds is 5. The van der Waals surface area contributed by atoms with Gasteiger partial charge in [0.15, 0.2) is 0 Å². The molecule has 2 heterocycles. The van der Waals surface area contributed by atoms with Crippen molar-refractivity contribution in [2.45, 2.75) is 18.9 Å². The van der Waals surface area contributed by atoms with Crippen LogP contribution in [0.1, 0.15) is 12.8 Å². The second-order valence-electron chi connectivity index (χ2n) is 6.77. The number of nitrogens with zero attached hydrogens (tertiary/aromatic N) is 2. The zero-order valence-corrected chi connectivity index (χ0v) is 15.2. The third kappa shape index (κ3) is 3.85. The summed E-state index contributed by atoms with van der Waals surface area (Å²) in [5.41, 5.74) is 5.99. The summed E-state index contributed by atoms with van der Waals surface area (Å²) in [6.07, 6.45) is 1.61. The number of benzene rings is 1. The number of primary amides is 1. The highest BCUT2D eigenvalue weighted by Crippen LogP contribution is 2.30. The smallest absolute Gasteiger partial charge is 0.322 e. The Morgan fingerprint density at radius 3 is 2.42 bits per heavy atom. The van der Waals surface area contributed by atoms with Gasteiger partial charge in [-0.1, -0.05) is 0 Å². The number of urea groups is 1. The molecule has 2 saturated heterocycles. The molecule has 0 bridgehead atoms. The summed E-state index contributed by atoms with van der Waals surface area (Å²) in [5, 5.41) is 2.89. The maximum Gasteiger partial charge on any atom is 0.322 e. The van der Waals surface area contributed by atoms with Gasteiger partial charge in [-0.05, 0) is 38.1 Å². The summed E-state index contributed by atoms with van der Waals surface area (Å²) in [7, 11) is 3.14. The standard InChI is InChI=1S/C18H26N4O4/c1-25-14-3-4-15(16(9-14)26-2)20-18(24)22-10-13(11-22)21-7-5-12(6-8-21)17(19)23/h3-4,9,12-13H,5-8,10-11H2,1-2H3,(H2,19,23)(H,20,24). The fourth-order valence-electron chi connectivity index (χ4n) is 3.50. The van der Waals surface area contributed by atoms with Crippen molar-refractivity contribution in [2.24, 2.45) is 11.7 Å². The molecule has 3 N–H and O–H groups in total. The summed E-state index contributed by atoms with van der Waals surface area (Å²) in [4.78, 5) is 27.8. The van der Waals surface area contributed by atoms with Crippen molar-refractivity contribution < 1.29 is 19.1 Å². The van der Waals surface area contributed by atoms with E-state index in [1.165, 1.54) is 0 Å². The van der Waals surface area contributed by atoms with Crippen LogP contribution in [0.15, 0.2) is 18.2 Å². The predicted octanol–water partition coefficient (Wildman–Crippen LogP) is 1.12. The number of hydrogen-bond donors (Lipinski definition) is 2.